The zero-order valence-electron chi connectivity index (χ0n) is 13.3. The van der Waals surface area contributed by atoms with Crippen LogP contribution in [0.2, 0.25) is 0 Å². The molecule has 23 heavy (non-hydrogen) atoms. The van der Waals surface area contributed by atoms with Gasteiger partial charge in [-0.25, -0.2) is 4.98 Å². The summed E-state index contributed by atoms with van der Waals surface area (Å²) in [5.41, 5.74) is 1.22. The summed E-state index contributed by atoms with van der Waals surface area (Å²) in [5.74, 6) is 2.57. The third-order valence-electron chi connectivity index (χ3n) is 5.30. The molecule has 0 aliphatic heterocycles. The number of nitrogens with zero attached hydrogens (tertiary/aromatic N) is 2. The van der Waals surface area contributed by atoms with E-state index in [2.05, 4.69) is 29.3 Å². The summed E-state index contributed by atoms with van der Waals surface area (Å²) in [6, 6.07) is 8.15. The van der Waals surface area contributed by atoms with Crippen molar-refractivity contribution in [2.24, 2.45) is 24.8 Å². The molecule has 0 radical (unpaired) electrons. The first-order valence-electron chi connectivity index (χ1n) is 8.03. The van der Waals surface area contributed by atoms with Crippen LogP contribution < -0.4 is 4.74 Å². The third kappa shape index (κ3) is 2.21. The van der Waals surface area contributed by atoms with Crippen LogP contribution in [-0.4, -0.2) is 22.4 Å². The van der Waals surface area contributed by atoms with Crippen molar-refractivity contribution in [2.75, 3.05) is 7.11 Å². The molecular weight excluding hydrogens is 288 g/mol. The number of methoxy groups -OCH3 is 1. The standard InChI is InChI=1S/C19H20N2O2/c1-21-10-9-20-19(21)18(22)17-14-4-3-13(11-14)16(17)12-5-7-15(23-2)8-6-12/h3-10,13-14,16-17H,11H2,1-2H3/t13-,14+,16+,17+/m0/s1. The van der Waals surface area contributed by atoms with Gasteiger partial charge in [0.25, 0.3) is 0 Å². The van der Waals surface area contributed by atoms with Crippen molar-refractivity contribution in [2.45, 2.75) is 12.3 Å². The number of benzene rings is 1. The summed E-state index contributed by atoms with van der Waals surface area (Å²) in [4.78, 5) is 17.4. The number of hydrogen-bond donors (Lipinski definition) is 0. The Morgan fingerprint density at radius 2 is 1.96 bits per heavy atom. The number of aryl methyl sites for hydroxylation is 1. The van der Waals surface area contributed by atoms with Crippen molar-refractivity contribution in [1.82, 2.24) is 9.55 Å². The molecule has 4 rings (SSSR count). The van der Waals surface area contributed by atoms with Crippen LogP contribution in [0.4, 0.5) is 0 Å². The van der Waals surface area contributed by atoms with Gasteiger partial charge >= 0.3 is 0 Å². The summed E-state index contributed by atoms with van der Waals surface area (Å²) >= 11 is 0. The van der Waals surface area contributed by atoms with Gasteiger partial charge in [0.2, 0.25) is 5.78 Å². The number of carbonyl (C=O) groups excluding carboxylic acids is 1. The van der Waals surface area contributed by atoms with Crippen LogP contribution in [0.5, 0.6) is 5.75 Å². The van der Waals surface area contributed by atoms with Crippen LogP contribution in [0.15, 0.2) is 48.8 Å². The van der Waals surface area contributed by atoms with E-state index >= 15 is 0 Å². The van der Waals surface area contributed by atoms with E-state index in [0.29, 0.717) is 17.7 Å². The van der Waals surface area contributed by atoms with E-state index in [9.17, 15) is 4.79 Å². The van der Waals surface area contributed by atoms with Crippen molar-refractivity contribution in [1.29, 1.82) is 0 Å². The molecule has 4 heteroatoms. The van der Waals surface area contributed by atoms with E-state index in [1.807, 2.05) is 29.9 Å². The summed E-state index contributed by atoms with van der Waals surface area (Å²) in [6.07, 6.45) is 9.09. The quantitative estimate of drug-likeness (QED) is 0.643. The topological polar surface area (TPSA) is 44.1 Å². The average Bonchev–Trinajstić information content (AvgIpc) is 3.29. The Kier molecular flexibility index (Phi) is 3.33. The Morgan fingerprint density at radius 1 is 1.22 bits per heavy atom. The molecule has 0 saturated heterocycles. The largest absolute Gasteiger partial charge is 0.497 e. The van der Waals surface area contributed by atoms with Crippen molar-refractivity contribution < 1.29 is 9.53 Å². The molecule has 2 aromatic rings. The zero-order valence-corrected chi connectivity index (χ0v) is 13.3. The van der Waals surface area contributed by atoms with Crippen LogP contribution in [0.3, 0.4) is 0 Å². The molecule has 0 N–H and O–H groups in total. The highest BCUT2D eigenvalue weighted by Crippen LogP contribution is 2.53. The van der Waals surface area contributed by atoms with Crippen molar-refractivity contribution in [3.63, 3.8) is 0 Å². The third-order valence-corrected chi connectivity index (χ3v) is 5.30. The average molecular weight is 308 g/mol. The Labute approximate surface area is 135 Å². The van der Waals surface area contributed by atoms with Gasteiger partial charge in [-0.1, -0.05) is 24.3 Å². The summed E-state index contributed by atoms with van der Waals surface area (Å²) in [5, 5.41) is 0. The maximum atomic E-state index is 13.1. The van der Waals surface area contributed by atoms with Crippen LogP contribution in [0.1, 0.15) is 28.5 Å². The molecule has 1 heterocycles. The molecule has 118 valence electrons. The molecule has 1 fully saturated rings. The van der Waals surface area contributed by atoms with Gasteiger partial charge in [0.1, 0.15) is 5.75 Å². The Balaban J connectivity index is 1.71. The van der Waals surface area contributed by atoms with Gasteiger partial charge in [-0.15, -0.1) is 0 Å². The minimum atomic E-state index is -0.0144. The second kappa shape index (κ2) is 5.37. The van der Waals surface area contributed by atoms with Gasteiger partial charge < -0.3 is 9.30 Å². The number of hydrogen-bond acceptors (Lipinski definition) is 3. The van der Waals surface area contributed by atoms with Crippen molar-refractivity contribution in [3.8, 4) is 5.75 Å². The lowest BCUT2D eigenvalue weighted by Crippen LogP contribution is -2.28. The SMILES string of the molecule is COc1ccc([C@H]2[C@H](C(=O)c3nccn3C)[C@@H]3C=C[C@H]2C3)cc1. The van der Waals surface area contributed by atoms with Gasteiger partial charge in [-0.05, 0) is 36.0 Å². The minimum Gasteiger partial charge on any atom is -0.497 e. The number of fused-ring (bicyclic) bond motifs is 2. The van der Waals surface area contributed by atoms with E-state index in [4.69, 9.17) is 4.74 Å². The summed E-state index contributed by atoms with van der Waals surface area (Å²) < 4.78 is 7.07. The lowest BCUT2D eigenvalue weighted by Gasteiger charge is -2.27. The van der Waals surface area contributed by atoms with Crippen LogP contribution in [0, 0.1) is 17.8 Å². The maximum absolute atomic E-state index is 13.1. The summed E-state index contributed by atoms with van der Waals surface area (Å²) in [6.45, 7) is 0. The van der Waals surface area contributed by atoms with Crippen molar-refractivity contribution in [3.05, 3.63) is 60.2 Å². The predicted molar refractivity (Wildman–Crippen MR) is 87.5 cm³/mol. The van der Waals surface area contributed by atoms with E-state index in [1.165, 1.54) is 5.56 Å². The molecule has 2 aliphatic carbocycles. The van der Waals surface area contributed by atoms with Gasteiger partial charge in [0.05, 0.1) is 7.11 Å². The van der Waals surface area contributed by atoms with E-state index < -0.39 is 0 Å². The van der Waals surface area contributed by atoms with Crippen LogP contribution in [-0.2, 0) is 7.05 Å². The number of carbonyl (C=O) groups is 1. The maximum Gasteiger partial charge on any atom is 0.202 e. The number of aromatic nitrogens is 2. The smallest absolute Gasteiger partial charge is 0.202 e. The molecule has 0 amide bonds. The van der Waals surface area contributed by atoms with Crippen LogP contribution >= 0.6 is 0 Å². The van der Waals surface area contributed by atoms with Crippen molar-refractivity contribution >= 4 is 5.78 Å². The molecule has 4 atom stereocenters. The number of ether oxygens (including phenoxy) is 1. The number of ketones is 1. The number of rotatable bonds is 4. The molecule has 0 unspecified atom stereocenters. The Hall–Kier alpha value is -2.36. The normalized spacial score (nSPS) is 28.3. The number of imidazole rings is 1. The van der Waals surface area contributed by atoms with E-state index in [-0.39, 0.29) is 17.6 Å². The van der Waals surface area contributed by atoms with Gasteiger partial charge in [-0.3, -0.25) is 4.79 Å². The first kappa shape index (κ1) is 14.2. The highest BCUT2D eigenvalue weighted by Gasteiger charge is 2.49. The molecule has 4 nitrogen and oxygen atoms in total. The molecule has 2 bridgehead atoms. The fourth-order valence-electron chi connectivity index (χ4n) is 4.21. The summed E-state index contributed by atoms with van der Waals surface area (Å²) in [7, 11) is 3.55. The highest BCUT2D eigenvalue weighted by atomic mass is 16.5. The van der Waals surface area contributed by atoms with Gasteiger partial charge in [0.15, 0.2) is 5.82 Å². The van der Waals surface area contributed by atoms with Crippen LogP contribution in [0.25, 0.3) is 0 Å². The monoisotopic (exact) mass is 308 g/mol. The Morgan fingerprint density at radius 3 is 2.61 bits per heavy atom. The molecule has 1 saturated carbocycles. The van der Waals surface area contributed by atoms with E-state index in [1.54, 1.807) is 13.3 Å². The molecule has 1 aromatic heterocycles. The fraction of sp³-hybridized carbons (Fsp3) is 0.368. The lowest BCUT2D eigenvalue weighted by atomic mass is 9.76. The highest BCUT2D eigenvalue weighted by molar-refractivity contribution is 5.96. The molecule has 0 spiro atoms. The minimum absolute atomic E-state index is 0.0144. The first-order chi connectivity index (χ1) is 11.2. The second-order valence-electron chi connectivity index (χ2n) is 6.50. The Bertz CT molecular complexity index is 760. The molecule has 2 aliphatic rings. The second-order valence-corrected chi connectivity index (χ2v) is 6.50. The van der Waals surface area contributed by atoms with E-state index in [0.717, 1.165) is 12.2 Å². The fourth-order valence-corrected chi connectivity index (χ4v) is 4.21. The molecule has 1 aromatic carbocycles. The zero-order chi connectivity index (χ0) is 16.0. The number of Topliss-reactive ketones (excluding diaryl/α,β-unsaturated/α-hetero) is 1. The predicted octanol–water partition coefficient (Wildman–Crippen LogP) is 3.22. The van der Waals surface area contributed by atoms with Gasteiger partial charge in [0, 0.05) is 31.3 Å². The number of allylic oxidation sites excluding steroid dienone is 2. The molecular formula is C19H20N2O2. The van der Waals surface area contributed by atoms with Gasteiger partial charge in [-0.2, -0.15) is 0 Å². The first-order valence-corrected chi connectivity index (χ1v) is 8.03. The lowest BCUT2D eigenvalue weighted by molar-refractivity contribution is 0.0872.